The third-order valence-electron chi connectivity index (χ3n) is 4.61. The molecule has 4 N–H and O–H groups in total. The normalized spacial score (nSPS) is 12.4. The number of hydrogen-bond acceptors (Lipinski definition) is 5. The van der Waals surface area contributed by atoms with E-state index in [2.05, 4.69) is 20.4 Å². The highest BCUT2D eigenvalue weighted by Crippen LogP contribution is 2.30. The average molecular weight is 398 g/mol. The molecule has 28 heavy (non-hydrogen) atoms. The second-order valence-electron chi connectivity index (χ2n) is 6.38. The molecule has 0 spiro atoms. The van der Waals surface area contributed by atoms with E-state index in [-0.39, 0.29) is 11.8 Å². The fourth-order valence-electron chi connectivity index (χ4n) is 3.27. The van der Waals surface area contributed by atoms with Crippen LogP contribution in [0.15, 0.2) is 41.8 Å². The molecule has 0 fully saturated rings. The molecule has 1 aromatic carbocycles. The van der Waals surface area contributed by atoms with Crippen molar-refractivity contribution in [3.63, 3.8) is 0 Å². The number of hydrogen-bond donors (Lipinski definition) is 3. The van der Waals surface area contributed by atoms with Gasteiger partial charge in [0.2, 0.25) is 5.91 Å². The summed E-state index contributed by atoms with van der Waals surface area (Å²) in [6, 6.07) is 7.16. The first-order chi connectivity index (χ1) is 13.6. The van der Waals surface area contributed by atoms with Crippen LogP contribution in [0.4, 0.5) is 5.69 Å². The van der Waals surface area contributed by atoms with Crippen LogP contribution in [0.25, 0.3) is 10.9 Å². The van der Waals surface area contributed by atoms with Gasteiger partial charge in [0.25, 0.3) is 0 Å². The van der Waals surface area contributed by atoms with Crippen molar-refractivity contribution < 1.29 is 9.59 Å². The number of aromatic nitrogens is 2. The monoisotopic (exact) mass is 397 g/mol. The molecule has 3 rings (SSSR count). The van der Waals surface area contributed by atoms with Crippen LogP contribution < -0.4 is 11.2 Å². The van der Waals surface area contributed by atoms with Gasteiger partial charge < -0.3 is 16.1 Å². The molecule has 2 heterocycles. The Morgan fingerprint density at radius 1 is 1.46 bits per heavy atom. The Morgan fingerprint density at radius 3 is 2.93 bits per heavy atom. The number of anilines is 1. The zero-order chi connectivity index (χ0) is 20.1. The Morgan fingerprint density at radius 2 is 2.29 bits per heavy atom. The first kappa shape index (κ1) is 19.6. The van der Waals surface area contributed by atoms with E-state index in [1.54, 1.807) is 24.5 Å². The molecule has 0 saturated heterocycles. The SMILES string of the molecule is CCC(CC(=O)Nc1cc(C=O)c2c(/C=N\N)c(Cl)[nH]c2c1)c1cccnc1. The van der Waals surface area contributed by atoms with E-state index in [0.29, 0.717) is 45.6 Å². The maximum absolute atomic E-state index is 12.6. The summed E-state index contributed by atoms with van der Waals surface area (Å²) in [5.74, 6) is 5.14. The number of hydrazone groups is 1. The summed E-state index contributed by atoms with van der Waals surface area (Å²) in [4.78, 5) is 31.3. The van der Waals surface area contributed by atoms with Crippen molar-refractivity contribution in [3.8, 4) is 0 Å². The lowest BCUT2D eigenvalue weighted by molar-refractivity contribution is -0.116. The molecule has 0 saturated carbocycles. The Labute approximate surface area is 167 Å². The van der Waals surface area contributed by atoms with Gasteiger partial charge in [-0.3, -0.25) is 14.6 Å². The third kappa shape index (κ3) is 4.04. The second kappa shape index (κ2) is 8.67. The number of pyridine rings is 1. The van der Waals surface area contributed by atoms with Crippen molar-refractivity contribution in [1.29, 1.82) is 0 Å². The molecular formula is C20H20ClN5O2. The van der Waals surface area contributed by atoms with Crippen LogP contribution in [0.2, 0.25) is 5.15 Å². The highest BCUT2D eigenvalue weighted by molar-refractivity contribution is 6.34. The van der Waals surface area contributed by atoms with E-state index < -0.39 is 0 Å². The van der Waals surface area contributed by atoms with Crippen LogP contribution in [0, 0.1) is 0 Å². The molecule has 0 radical (unpaired) electrons. The fraction of sp³-hybridized carbons (Fsp3) is 0.200. The van der Waals surface area contributed by atoms with Crippen molar-refractivity contribution in [2.24, 2.45) is 10.9 Å². The number of fused-ring (bicyclic) bond motifs is 1. The van der Waals surface area contributed by atoms with Gasteiger partial charge in [0.05, 0.1) is 11.7 Å². The molecule has 0 aliphatic rings. The van der Waals surface area contributed by atoms with Gasteiger partial charge in [-0.05, 0) is 36.1 Å². The number of carbonyl (C=O) groups is 2. The van der Waals surface area contributed by atoms with Crippen molar-refractivity contribution in [2.75, 3.05) is 5.32 Å². The summed E-state index contributed by atoms with van der Waals surface area (Å²) in [6.45, 7) is 2.03. The Hall–Kier alpha value is -3.19. The Kier molecular flexibility index (Phi) is 6.06. The Bertz CT molecular complexity index is 1030. The number of nitrogens with zero attached hydrogens (tertiary/aromatic N) is 2. The molecule has 1 unspecified atom stereocenters. The van der Waals surface area contributed by atoms with Crippen molar-refractivity contribution in [3.05, 3.63) is 58.5 Å². The first-order valence-electron chi connectivity index (χ1n) is 8.80. The highest BCUT2D eigenvalue weighted by atomic mass is 35.5. The van der Waals surface area contributed by atoms with E-state index in [1.807, 2.05) is 19.1 Å². The van der Waals surface area contributed by atoms with E-state index in [0.717, 1.165) is 12.0 Å². The highest BCUT2D eigenvalue weighted by Gasteiger charge is 2.17. The number of carbonyl (C=O) groups excluding carboxylic acids is 2. The van der Waals surface area contributed by atoms with Crippen LogP contribution in [-0.4, -0.2) is 28.4 Å². The predicted molar refractivity (Wildman–Crippen MR) is 111 cm³/mol. The van der Waals surface area contributed by atoms with Crippen LogP contribution >= 0.6 is 11.6 Å². The minimum absolute atomic E-state index is 0.0651. The maximum atomic E-state index is 12.6. The molecule has 0 aliphatic heterocycles. The van der Waals surface area contributed by atoms with E-state index in [9.17, 15) is 9.59 Å². The standard InChI is InChI=1S/C20H20ClN5O2/c1-2-12(13-4-3-5-23-9-13)7-18(28)25-15-6-14(11-27)19-16(10-24-22)20(21)26-17(19)8-15/h3-6,8-12,26H,2,7,22H2,1H3,(H,25,28)/b24-10-. The first-order valence-corrected chi connectivity index (χ1v) is 9.18. The lowest BCUT2D eigenvalue weighted by atomic mass is 9.94. The van der Waals surface area contributed by atoms with Crippen molar-refractivity contribution in [2.45, 2.75) is 25.7 Å². The molecule has 144 valence electrons. The minimum Gasteiger partial charge on any atom is -0.345 e. The third-order valence-corrected chi connectivity index (χ3v) is 4.91. The summed E-state index contributed by atoms with van der Waals surface area (Å²) in [6.07, 6.45) is 6.70. The summed E-state index contributed by atoms with van der Waals surface area (Å²) < 4.78 is 0. The summed E-state index contributed by atoms with van der Waals surface area (Å²) in [5, 5.41) is 7.27. The quantitative estimate of drug-likeness (QED) is 0.243. The van der Waals surface area contributed by atoms with Gasteiger partial charge in [-0.25, -0.2) is 0 Å². The number of H-pyrrole nitrogens is 1. The molecule has 0 bridgehead atoms. The lowest BCUT2D eigenvalue weighted by Crippen LogP contribution is -2.15. The number of rotatable bonds is 7. The zero-order valence-corrected chi connectivity index (χ0v) is 16.0. The molecule has 8 heteroatoms. The molecular weight excluding hydrogens is 378 g/mol. The average Bonchev–Trinajstić information content (AvgIpc) is 3.01. The molecule has 1 atom stereocenters. The summed E-state index contributed by atoms with van der Waals surface area (Å²) in [5.41, 5.74) is 3.05. The molecule has 3 aromatic rings. The van der Waals surface area contributed by atoms with Gasteiger partial charge >= 0.3 is 0 Å². The smallest absolute Gasteiger partial charge is 0.224 e. The largest absolute Gasteiger partial charge is 0.345 e. The van der Waals surface area contributed by atoms with E-state index in [4.69, 9.17) is 17.4 Å². The molecule has 0 aliphatic carbocycles. The number of amides is 1. The Balaban J connectivity index is 1.86. The fourth-order valence-corrected chi connectivity index (χ4v) is 3.52. The summed E-state index contributed by atoms with van der Waals surface area (Å²) >= 11 is 6.18. The van der Waals surface area contributed by atoms with Gasteiger partial charge in [0, 0.05) is 41.0 Å². The van der Waals surface area contributed by atoms with Crippen LogP contribution in [0.5, 0.6) is 0 Å². The van der Waals surface area contributed by atoms with Gasteiger partial charge in [-0.1, -0.05) is 24.6 Å². The predicted octanol–water partition coefficient (Wildman–Crippen LogP) is 3.84. The van der Waals surface area contributed by atoms with E-state index in [1.165, 1.54) is 6.21 Å². The number of aromatic amines is 1. The van der Waals surface area contributed by atoms with Gasteiger partial charge in [0.15, 0.2) is 6.29 Å². The number of nitrogens with two attached hydrogens (primary N) is 1. The van der Waals surface area contributed by atoms with Crippen LogP contribution in [0.3, 0.4) is 0 Å². The molecule has 7 nitrogen and oxygen atoms in total. The number of aldehydes is 1. The lowest BCUT2D eigenvalue weighted by Gasteiger charge is -2.15. The van der Waals surface area contributed by atoms with Crippen molar-refractivity contribution >= 4 is 46.6 Å². The van der Waals surface area contributed by atoms with E-state index >= 15 is 0 Å². The number of halogens is 1. The van der Waals surface area contributed by atoms with Crippen LogP contribution in [0.1, 0.15) is 47.2 Å². The zero-order valence-electron chi connectivity index (χ0n) is 15.3. The van der Waals surface area contributed by atoms with Gasteiger partial charge in [0.1, 0.15) is 5.15 Å². The van der Waals surface area contributed by atoms with Gasteiger partial charge in [-0.2, -0.15) is 5.10 Å². The number of benzene rings is 1. The number of nitrogens with one attached hydrogen (secondary N) is 2. The van der Waals surface area contributed by atoms with Gasteiger partial charge in [-0.15, -0.1) is 0 Å². The second-order valence-corrected chi connectivity index (χ2v) is 6.76. The molecule has 1 amide bonds. The summed E-state index contributed by atoms with van der Waals surface area (Å²) in [7, 11) is 0. The molecule has 2 aromatic heterocycles. The van der Waals surface area contributed by atoms with Crippen molar-refractivity contribution in [1.82, 2.24) is 9.97 Å². The maximum Gasteiger partial charge on any atom is 0.224 e. The topological polar surface area (TPSA) is 113 Å². The van der Waals surface area contributed by atoms with Crippen LogP contribution in [-0.2, 0) is 4.79 Å². The minimum atomic E-state index is -0.145.